The van der Waals surface area contributed by atoms with E-state index in [0.717, 1.165) is 5.56 Å². The summed E-state index contributed by atoms with van der Waals surface area (Å²) in [7, 11) is 4.76. The van der Waals surface area contributed by atoms with Crippen molar-refractivity contribution in [1.29, 1.82) is 0 Å². The average molecular weight is 268 g/mol. The number of ether oxygens (including phenoxy) is 1. The van der Waals surface area contributed by atoms with E-state index in [1.54, 1.807) is 32.3 Å². The van der Waals surface area contributed by atoms with Gasteiger partial charge in [-0.15, -0.1) is 0 Å². The highest BCUT2D eigenvalue weighted by Crippen LogP contribution is 2.25. The van der Waals surface area contributed by atoms with Crippen LogP contribution in [0.2, 0.25) is 0 Å². The van der Waals surface area contributed by atoms with Crippen LogP contribution in [0.15, 0.2) is 18.2 Å². The topological polar surface area (TPSA) is 90.8 Å². The molecule has 0 aliphatic heterocycles. The summed E-state index contributed by atoms with van der Waals surface area (Å²) in [5.74, 6) is -0.375. The number of methoxy groups -OCH3 is 1. The molecule has 1 rings (SSSR count). The Morgan fingerprint density at radius 3 is 2.53 bits per heavy atom. The van der Waals surface area contributed by atoms with E-state index in [1.807, 2.05) is 0 Å². The lowest BCUT2D eigenvalue weighted by atomic mass is 10.0. The second kappa shape index (κ2) is 7.08. The number of carbonyl (C=O) groups is 1. The predicted molar refractivity (Wildman–Crippen MR) is 71.2 cm³/mol. The normalized spacial score (nSPS) is 13.9. The molecule has 2 atom stereocenters. The van der Waals surface area contributed by atoms with Crippen LogP contribution in [0, 0.1) is 0 Å². The van der Waals surface area contributed by atoms with Gasteiger partial charge in [0.15, 0.2) is 0 Å². The van der Waals surface area contributed by atoms with E-state index in [1.165, 1.54) is 7.11 Å². The molecular weight excluding hydrogens is 248 g/mol. The molecule has 0 fully saturated rings. The van der Waals surface area contributed by atoms with Gasteiger partial charge in [0.1, 0.15) is 18.0 Å². The fourth-order valence-corrected chi connectivity index (χ4v) is 1.81. The first-order valence-electron chi connectivity index (χ1n) is 5.95. The molecule has 1 aromatic carbocycles. The Bertz CT molecular complexity index is 437. The van der Waals surface area contributed by atoms with Gasteiger partial charge in [-0.1, -0.05) is 12.1 Å². The third-order valence-corrected chi connectivity index (χ3v) is 2.95. The maximum atomic E-state index is 11.0. The second-order valence-electron chi connectivity index (χ2n) is 4.15. The molecule has 0 saturated carbocycles. The summed E-state index contributed by atoms with van der Waals surface area (Å²) in [5.41, 5.74) is 1.44. The summed E-state index contributed by atoms with van der Waals surface area (Å²) < 4.78 is 5.22. The van der Waals surface area contributed by atoms with Gasteiger partial charge in [-0.25, -0.2) is 0 Å². The molecule has 4 N–H and O–H groups in total. The number of carboxylic acid groups (broad SMARTS) is 1. The molecule has 0 radical (unpaired) electrons. The van der Waals surface area contributed by atoms with Crippen molar-refractivity contribution in [2.24, 2.45) is 0 Å². The number of benzene rings is 1. The smallest absolute Gasteiger partial charge is 0.321 e. The van der Waals surface area contributed by atoms with E-state index in [9.17, 15) is 9.90 Å². The van der Waals surface area contributed by atoms with Crippen LogP contribution in [0.3, 0.4) is 0 Å². The van der Waals surface area contributed by atoms with E-state index < -0.39 is 18.2 Å². The van der Waals surface area contributed by atoms with E-state index in [2.05, 4.69) is 10.6 Å². The molecule has 0 heterocycles. The van der Waals surface area contributed by atoms with Crippen LogP contribution in [0.4, 0.5) is 0 Å². The third-order valence-electron chi connectivity index (χ3n) is 2.95. The van der Waals surface area contributed by atoms with Gasteiger partial charge in [0, 0.05) is 5.56 Å². The first kappa shape index (κ1) is 15.4. The molecule has 6 heteroatoms. The summed E-state index contributed by atoms with van der Waals surface area (Å²) in [4.78, 5) is 11.0. The molecule has 19 heavy (non-hydrogen) atoms. The van der Waals surface area contributed by atoms with Gasteiger partial charge < -0.3 is 20.3 Å². The fraction of sp³-hybridized carbons (Fsp3) is 0.462. The van der Waals surface area contributed by atoms with Crippen LogP contribution in [-0.4, -0.2) is 43.4 Å². The first-order valence-corrected chi connectivity index (χ1v) is 5.95. The maximum Gasteiger partial charge on any atom is 0.321 e. The zero-order chi connectivity index (χ0) is 14.4. The summed E-state index contributed by atoms with van der Waals surface area (Å²) in [5, 5.41) is 24.2. The minimum absolute atomic E-state index is 0.345. The number of rotatable bonds is 7. The van der Waals surface area contributed by atoms with Gasteiger partial charge in [-0.3, -0.25) is 10.1 Å². The average Bonchev–Trinajstić information content (AvgIpc) is 2.43. The SMILES string of the molecule is CNC(O)c1ccc(C[C@H](NC)C(=O)O)cc1OC. The molecule has 0 bridgehead atoms. The molecular formula is C13H20N2O4. The Morgan fingerprint density at radius 1 is 1.37 bits per heavy atom. The van der Waals surface area contributed by atoms with Crippen LogP contribution in [-0.2, 0) is 11.2 Å². The Labute approximate surface area is 112 Å². The monoisotopic (exact) mass is 268 g/mol. The standard InChI is InChI=1S/C13H20N2O4/c1-14-10(13(17)18)6-8-4-5-9(12(16)15-2)11(7-8)19-3/h4-5,7,10,12,14-16H,6H2,1-3H3,(H,17,18)/t10-,12?/m0/s1. The minimum Gasteiger partial charge on any atom is -0.496 e. The number of aliphatic hydroxyl groups excluding tert-OH is 1. The summed E-state index contributed by atoms with van der Waals surface area (Å²) in [6.45, 7) is 0. The van der Waals surface area contributed by atoms with Crippen LogP contribution in [0.25, 0.3) is 0 Å². The van der Waals surface area contributed by atoms with Crippen LogP contribution < -0.4 is 15.4 Å². The van der Waals surface area contributed by atoms with Gasteiger partial charge in [-0.2, -0.15) is 0 Å². The van der Waals surface area contributed by atoms with Crippen molar-refractivity contribution < 1.29 is 19.7 Å². The lowest BCUT2D eigenvalue weighted by molar-refractivity contribution is -0.139. The largest absolute Gasteiger partial charge is 0.496 e. The highest BCUT2D eigenvalue weighted by Gasteiger charge is 2.17. The fourth-order valence-electron chi connectivity index (χ4n) is 1.81. The number of carboxylic acids is 1. The highest BCUT2D eigenvalue weighted by molar-refractivity contribution is 5.73. The van der Waals surface area contributed by atoms with Gasteiger partial charge in [0.2, 0.25) is 0 Å². The van der Waals surface area contributed by atoms with Crippen molar-refractivity contribution in [2.45, 2.75) is 18.7 Å². The number of likely N-dealkylation sites (N-methyl/N-ethyl adjacent to an activating group) is 1. The van der Waals surface area contributed by atoms with E-state index in [-0.39, 0.29) is 0 Å². The number of aliphatic carboxylic acids is 1. The van der Waals surface area contributed by atoms with Crippen LogP contribution in [0.1, 0.15) is 17.4 Å². The predicted octanol–water partition coefficient (Wildman–Crippen LogP) is 0.121. The van der Waals surface area contributed by atoms with Crippen molar-refractivity contribution in [3.63, 3.8) is 0 Å². The van der Waals surface area contributed by atoms with Crippen molar-refractivity contribution in [3.8, 4) is 5.75 Å². The van der Waals surface area contributed by atoms with Crippen molar-refractivity contribution >= 4 is 5.97 Å². The number of aliphatic hydroxyl groups is 1. The summed E-state index contributed by atoms with van der Waals surface area (Å²) in [6.07, 6.45) is -0.471. The molecule has 0 spiro atoms. The lowest BCUT2D eigenvalue weighted by Gasteiger charge is -2.16. The summed E-state index contributed by atoms with van der Waals surface area (Å²) in [6, 6.07) is 4.60. The van der Waals surface area contributed by atoms with Crippen LogP contribution in [0.5, 0.6) is 5.75 Å². The summed E-state index contributed by atoms with van der Waals surface area (Å²) >= 11 is 0. The Balaban J connectivity index is 2.96. The van der Waals surface area contributed by atoms with E-state index in [4.69, 9.17) is 9.84 Å². The zero-order valence-electron chi connectivity index (χ0n) is 11.3. The van der Waals surface area contributed by atoms with Gasteiger partial charge in [0.05, 0.1) is 7.11 Å². The van der Waals surface area contributed by atoms with E-state index >= 15 is 0 Å². The van der Waals surface area contributed by atoms with Crippen molar-refractivity contribution in [2.75, 3.05) is 21.2 Å². The lowest BCUT2D eigenvalue weighted by Crippen LogP contribution is -2.35. The molecule has 0 aliphatic carbocycles. The molecule has 106 valence electrons. The van der Waals surface area contributed by atoms with Crippen molar-refractivity contribution in [1.82, 2.24) is 10.6 Å². The minimum atomic E-state index is -0.902. The molecule has 0 aliphatic rings. The third kappa shape index (κ3) is 3.92. The molecule has 0 saturated heterocycles. The molecule has 1 aromatic rings. The quantitative estimate of drug-likeness (QED) is 0.525. The molecule has 0 amide bonds. The van der Waals surface area contributed by atoms with Crippen molar-refractivity contribution in [3.05, 3.63) is 29.3 Å². The maximum absolute atomic E-state index is 11.0. The Morgan fingerprint density at radius 2 is 2.05 bits per heavy atom. The molecule has 0 aromatic heterocycles. The number of hydrogen-bond donors (Lipinski definition) is 4. The number of nitrogens with one attached hydrogen (secondary N) is 2. The van der Waals surface area contributed by atoms with Gasteiger partial charge in [0.25, 0.3) is 0 Å². The Hall–Kier alpha value is -1.63. The highest BCUT2D eigenvalue weighted by atomic mass is 16.5. The zero-order valence-corrected chi connectivity index (χ0v) is 11.3. The molecule has 6 nitrogen and oxygen atoms in total. The number of hydrogen-bond acceptors (Lipinski definition) is 5. The van der Waals surface area contributed by atoms with Gasteiger partial charge in [-0.05, 0) is 32.1 Å². The second-order valence-corrected chi connectivity index (χ2v) is 4.15. The van der Waals surface area contributed by atoms with Gasteiger partial charge >= 0.3 is 5.97 Å². The first-order chi connectivity index (χ1) is 9.03. The Kier molecular flexibility index (Phi) is 5.75. The van der Waals surface area contributed by atoms with E-state index in [0.29, 0.717) is 17.7 Å². The molecule has 1 unspecified atom stereocenters. The van der Waals surface area contributed by atoms with Crippen LogP contribution >= 0.6 is 0 Å².